The molecule has 0 aliphatic heterocycles. The summed E-state index contributed by atoms with van der Waals surface area (Å²) in [6.45, 7) is 8.81. The molecule has 29 heavy (non-hydrogen) atoms. The minimum absolute atomic E-state index is 0.114. The summed E-state index contributed by atoms with van der Waals surface area (Å²) in [5, 5.41) is 1.69. The first-order valence-electron chi connectivity index (χ1n) is 10.0. The fraction of sp³-hybridized carbons (Fsp3) is 0.231. The lowest BCUT2D eigenvalue weighted by atomic mass is 9.86. The Morgan fingerprint density at radius 3 is 2.07 bits per heavy atom. The van der Waals surface area contributed by atoms with Crippen molar-refractivity contribution in [1.29, 1.82) is 0 Å². The molecule has 0 saturated heterocycles. The number of hydrogen-bond donors (Lipinski definition) is 0. The predicted molar refractivity (Wildman–Crippen MR) is 123 cm³/mol. The van der Waals surface area contributed by atoms with Crippen LogP contribution in [0.4, 0.5) is 0 Å². The zero-order valence-electron chi connectivity index (χ0n) is 17.3. The minimum atomic E-state index is 0.114. The molecule has 4 aromatic rings. The van der Waals surface area contributed by atoms with E-state index in [1.807, 2.05) is 18.2 Å². The lowest BCUT2D eigenvalue weighted by Crippen LogP contribution is -2.10. The van der Waals surface area contributed by atoms with Crippen LogP contribution in [-0.4, -0.2) is 9.97 Å². The second-order valence-corrected chi connectivity index (χ2v) is 8.87. The Morgan fingerprint density at radius 1 is 0.793 bits per heavy atom. The van der Waals surface area contributed by atoms with Crippen LogP contribution in [0, 0.1) is 0 Å². The highest BCUT2D eigenvalue weighted by Gasteiger charge is 2.15. The van der Waals surface area contributed by atoms with Gasteiger partial charge in [-0.3, -0.25) is 0 Å². The summed E-state index contributed by atoms with van der Waals surface area (Å²) in [4.78, 5) is 9.79. The van der Waals surface area contributed by atoms with E-state index in [4.69, 9.17) is 21.6 Å². The Balaban J connectivity index is 1.89. The number of rotatable bonds is 3. The van der Waals surface area contributed by atoms with Gasteiger partial charge in [-0.1, -0.05) is 87.8 Å². The van der Waals surface area contributed by atoms with E-state index in [1.165, 1.54) is 11.1 Å². The van der Waals surface area contributed by atoms with Crippen molar-refractivity contribution in [2.75, 3.05) is 0 Å². The van der Waals surface area contributed by atoms with Crippen molar-refractivity contribution in [3.05, 3.63) is 82.9 Å². The highest BCUT2D eigenvalue weighted by Crippen LogP contribution is 2.31. The maximum absolute atomic E-state index is 6.27. The SMILES string of the molecule is CCc1ccc(-c2nc(-c3ccc(C(C)(C)C)cc3)nc3cc(Cl)ccc23)cc1. The number of aryl methyl sites for hydroxylation is 1. The lowest BCUT2D eigenvalue weighted by Gasteiger charge is -2.19. The molecular formula is C26H25ClN2. The van der Waals surface area contributed by atoms with Gasteiger partial charge in [0.2, 0.25) is 0 Å². The van der Waals surface area contributed by atoms with Gasteiger partial charge < -0.3 is 0 Å². The van der Waals surface area contributed by atoms with Crippen LogP contribution in [0.25, 0.3) is 33.5 Å². The van der Waals surface area contributed by atoms with E-state index in [0.717, 1.165) is 40.0 Å². The van der Waals surface area contributed by atoms with Gasteiger partial charge in [-0.2, -0.15) is 0 Å². The molecule has 2 nitrogen and oxygen atoms in total. The first-order valence-corrected chi connectivity index (χ1v) is 10.4. The van der Waals surface area contributed by atoms with E-state index in [9.17, 15) is 0 Å². The van der Waals surface area contributed by atoms with Crippen molar-refractivity contribution in [2.45, 2.75) is 39.5 Å². The van der Waals surface area contributed by atoms with Crippen LogP contribution in [0.5, 0.6) is 0 Å². The molecule has 0 fully saturated rings. The fourth-order valence-electron chi connectivity index (χ4n) is 3.47. The third-order valence-corrected chi connectivity index (χ3v) is 5.54. The zero-order valence-corrected chi connectivity index (χ0v) is 18.1. The smallest absolute Gasteiger partial charge is 0.160 e. The van der Waals surface area contributed by atoms with Crippen molar-refractivity contribution in [1.82, 2.24) is 9.97 Å². The van der Waals surface area contributed by atoms with Crippen LogP contribution in [0.2, 0.25) is 5.02 Å². The molecule has 0 bridgehead atoms. The zero-order chi connectivity index (χ0) is 20.6. The molecule has 146 valence electrons. The Hall–Kier alpha value is -2.71. The normalized spacial score (nSPS) is 11.8. The highest BCUT2D eigenvalue weighted by atomic mass is 35.5. The largest absolute Gasteiger partial charge is 0.228 e. The van der Waals surface area contributed by atoms with Gasteiger partial charge in [-0.25, -0.2) is 9.97 Å². The van der Waals surface area contributed by atoms with E-state index in [2.05, 4.69) is 76.2 Å². The van der Waals surface area contributed by atoms with Gasteiger partial charge in [-0.05, 0) is 41.2 Å². The first-order chi connectivity index (χ1) is 13.8. The molecule has 0 N–H and O–H groups in total. The first kappa shape index (κ1) is 19.6. The molecule has 0 spiro atoms. The Morgan fingerprint density at radius 2 is 1.45 bits per heavy atom. The molecule has 0 aliphatic carbocycles. The van der Waals surface area contributed by atoms with E-state index in [-0.39, 0.29) is 5.41 Å². The second kappa shape index (κ2) is 7.61. The van der Waals surface area contributed by atoms with Gasteiger partial charge in [0.25, 0.3) is 0 Å². The molecule has 0 saturated carbocycles. The summed E-state index contributed by atoms with van der Waals surface area (Å²) >= 11 is 6.27. The summed E-state index contributed by atoms with van der Waals surface area (Å²) in [6.07, 6.45) is 1.02. The maximum Gasteiger partial charge on any atom is 0.160 e. The summed E-state index contributed by atoms with van der Waals surface area (Å²) in [6, 6.07) is 23.0. The van der Waals surface area contributed by atoms with Crippen molar-refractivity contribution < 1.29 is 0 Å². The van der Waals surface area contributed by atoms with Crippen LogP contribution < -0.4 is 0 Å². The molecule has 1 heterocycles. The summed E-state index contributed by atoms with van der Waals surface area (Å²) in [5.41, 5.74) is 6.60. The number of nitrogens with zero attached hydrogens (tertiary/aromatic N) is 2. The summed E-state index contributed by atoms with van der Waals surface area (Å²) in [7, 11) is 0. The predicted octanol–water partition coefficient (Wildman–Crippen LogP) is 7.48. The molecule has 3 aromatic carbocycles. The van der Waals surface area contributed by atoms with Crippen LogP contribution in [0.1, 0.15) is 38.8 Å². The van der Waals surface area contributed by atoms with Gasteiger partial charge in [0.15, 0.2) is 5.82 Å². The third kappa shape index (κ3) is 4.04. The van der Waals surface area contributed by atoms with Crippen LogP contribution in [-0.2, 0) is 11.8 Å². The molecule has 0 atom stereocenters. The van der Waals surface area contributed by atoms with E-state index >= 15 is 0 Å². The summed E-state index contributed by atoms with van der Waals surface area (Å²) in [5.74, 6) is 0.717. The Bertz CT molecular complexity index is 1150. The van der Waals surface area contributed by atoms with Gasteiger partial charge in [0.1, 0.15) is 0 Å². The topological polar surface area (TPSA) is 25.8 Å². The van der Waals surface area contributed by atoms with Crippen molar-refractivity contribution in [2.24, 2.45) is 0 Å². The van der Waals surface area contributed by atoms with Gasteiger partial charge >= 0.3 is 0 Å². The van der Waals surface area contributed by atoms with Crippen LogP contribution >= 0.6 is 11.6 Å². The monoisotopic (exact) mass is 400 g/mol. The molecule has 0 aliphatic rings. The molecule has 3 heteroatoms. The van der Waals surface area contributed by atoms with Crippen molar-refractivity contribution in [3.8, 4) is 22.6 Å². The van der Waals surface area contributed by atoms with Crippen LogP contribution in [0.3, 0.4) is 0 Å². The molecule has 1 aromatic heterocycles. The molecule has 0 unspecified atom stereocenters. The average molecular weight is 401 g/mol. The highest BCUT2D eigenvalue weighted by molar-refractivity contribution is 6.31. The lowest BCUT2D eigenvalue weighted by molar-refractivity contribution is 0.590. The second-order valence-electron chi connectivity index (χ2n) is 8.44. The van der Waals surface area contributed by atoms with E-state index < -0.39 is 0 Å². The molecule has 0 amide bonds. The third-order valence-electron chi connectivity index (χ3n) is 5.30. The van der Waals surface area contributed by atoms with Gasteiger partial charge in [0.05, 0.1) is 11.2 Å². The number of aromatic nitrogens is 2. The molecule has 0 radical (unpaired) electrons. The number of benzene rings is 3. The number of fused-ring (bicyclic) bond motifs is 1. The number of halogens is 1. The summed E-state index contributed by atoms with van der Waals surface area (Å²) < 4.78 is 0. The Kier molecular flexibility index (Phi) is 5.14. The van der Waals surface area contributed by atoms with Crippen molar-refractivity contribution >= 4 is 22.5 Å². The maximum atomic E-state index is 6.27. The molecule has 4 rings (SSSR count). The van der Waals surface area contributed by atoms with E-state index in [0.29, 0.717) is 5.02 Å². The van der Waals surface area contributed by atoms with Crippen LogP contribution in [0.15, 0.2) is 66.7 Å². The number of hydrogen-bond acceptors (Lipinski definition) is 2. The van der Waals surface area contributed by atoms with E-state index in [1.54, 1.807) is 0 Å². The standard InChI is InChI=1S/C26H25ClN2/c1-5-17-6-8-18(9-7-17)24-22-15-14-21(27)16-23(22)28-25(29-24)19-10-12-20(13-11-19)26(2,3)4/h6-16H,5H2,1-4H3. The quantitative estimate of drug-likeness (QED) is 0.356. The minimum Gasteiger partial charge on any atom is -0.228 e. The van der Waals surface area contributed by atoms with Gasteiger partial charge in [-0.15, -0.1) is 0 Å². The van der Waals surface area contributed by atoms with Crippen molar-refractivity contribution in [3.63, 3.8) is 0 Å². The Labute approximate surface area is 177 Å². The fourth-order valence-corrected chi connectivity index (χ4v) is 3.64. The van der Waals surface area contributed by atoms with Gasteiger partial charge in [0, 0.05) is 21.5 Å². The molecular weight excluding hydrogens is 376 g/mol. The average Bonchev–Trinajstić information content (AvgIpc) is 2.72.